The average Bonchev–Trinajstić information content (AvgIpc) is 3.19. The Morgan fingerprint density at radius 2 is 2.00 bits per heavy atom. The topological polar surface area (TPSA) is 88.6 Å². The number of hydrogen-bond acceptors (Lipinski definition) is 7. The number of aromatic nitrogens is 2. The summed E-state index contributed by atoms with van der Waals surface area (Å²) >= 11 is 0. The van der Waals surface area contributed by atoms with Gasteiger partial charge in [-0.3, -0.25) is 4.79 Å². The van der Waals surface area contributed by atoms with Crippen LogP contribution in [-0.4, -0.2) is 41.7 Å². The van der Waals surface area contributed by atoms with Gasteiger partial charge in [0.2, 0.25) is 12.7 Å². The number of rotatable bonds is 5. The zero-order valence-electron chi connectivity index (χ0n) is 15.8. The molecule has 1 amide bonds. The van der Waals surface area contributed by atoms with Crippen molar-refractivity contribution in [3.05, 3.63) is 60.0 Å². The quantitative estimate of drug-likeness (QED) is 0.683. The van der Waals surface area contributed by atoms with Gasteiger partial charge in [0.15, 0.2) is 17.3 Å². The highest BCUT2D eigenvalue weighted by atomic mass is 19.1. The van der Waals surface area contributed by atoms with Crippen LogP contribution in [0.15, 0.2) is 48.7 Å². The van der Waals surface area contributed by atoms with Crippen LogP contribution in [-0.2, 0) is 0 Å². The first-order valence-corrected chi connectivity index (χ1v) is 8.78. The first-order valence-electron chi connectivity index (χ1n) is 8.78. The summed E-state index contributed by atoms with van der Waals surface area (Å²) in [5.41, 5.74) is 1.33. The second-order valence-electron chi connectivity index (χ2n) is 6.45. The van der Waals surface area contributed by atoms with Crippen molar-refractivity contribution in [1.29, 1.82) is 0 Å². The Kier molecular flexibility index (Phi) is 4.86. The summed E-state index contributed by atoms with van der Waals surface area (Å²) in [6, 6.07) is 11.4. The van der Waals surface area contributed by atoms with Gasteiger partial charge in [-0.2, -0.15) is 4.98 Å². The third-order valence-corrected chi connectivity index (χ3v) is 4.17. The van der Waals surface area contributed by atoms with E-state index in [2.05, 4.69) is 20.6 Å². The summed E-state index contributed by atoms with van der Waals surface area (Å²) in [6.45, 7) is 0.0338. The molecule has 1 aliphatic rings. The minimum absolute atomic E-state index is 0.0338. The van der Waals surface area contributed by atoms with Gasteiger partial charge in [0.1, 0.15) is 11.5 Å². The molecule has 1 aliphatic heterocycles. The number of nitrogens with one attached hydrogen (secondary N) is 2. The largest absolute Gasteiger partial charge is 0.454 e. The van der Waals surface area contributed by atoms with Crippen molar-refractivity contribution in [3.63, 3.8) is 0 Å². The van der Waals surface area contributed by atoms with Crippen LogP contribution in [0.5, 0.6) is 11.5 Å². The molecule has 0 spiro atoms. The van der Waals surface area contributed by atoms with E-state index >= 15 is 0 Å². The van der Waals surface area contributed by atoms with E-state index in [0.717, 1.165) is 0 Å². The molecule has 0 saturated carbocycles. The summed E-state index contributed by atoms with van der Waals surface area (Å²) in [5.74, 6) is 0.815. The Morgan fingerprint density at radius 1 is 1.14 bits per heavy atom. The van der Waals surface area contributed by atoms with Crippen molar-refractivity contribution < 1.29 is 18.7 Å². The van der Waals surface area contributed by atoms with Gasteiger partial charge in [0.25, 0.3) is 5.91 Å². The molecule has 9 heteroatoms. The molecule has 3 aromatic rings. The van der Waals surface area contributed by atoms with Gasteiger partial charge in [0, 0.05) is 31.5 Å². The van der Waals surface area contributed by atoms with E-state index in [-0.39, 0.29) is 24.3 Å². The van der Waals surface area contributed by atoms with E-state index in [1.807, 2.05) is 0 Å². The molecule has 0 radical (unpaired) electrons. The molecule has 8 nitrogen and oxygen atoms in total. The minimum atomic E-state index is -0.489. The van der Waals surface area contributed by atoms with E-state index in [4.69, 9.17) is 9.47 Å². The van der Waals surface area contributed by atoms with Crippen LogP contribution in [0.4, 0.5) is 27.5 Å². The Labute approximate surface area is 166 Å². The lowest BCUT2D eigenvalue weighted by Crippen LogP contribution is -2.21. The number of benzene rings is 2. The molecule has 0 bridgehead atoms. The number of carbonyl (C=O) groups is 1. The van der Waals surface area contributed by atoms with Crippen LogP contribution in [0.3, 0.4) is 0 Å². The van der Waals surface area contributed by atoms with Crippen LogP contribution in [0.2, 0.25) is 0 Å². The first kappa shape index (κ1) is 18.5. The van der Waals surface area contributed by atoms with Gasteiger partial charge in [-0.25, -0.2) is 9.37 Å². The smallest absolute Gasteiger partial charge is 0.253 e. The predicted molar refractivity (Wildman–Crippen MR) is 106 cm³/mol. The highest BCUT2D eigenvalue weighted by Gasteiger charge is 2.21. The predicted octanol–water partition coefficient (Wildman–Crippen LogP) is 3.53. The molecule has 0 fully saturated rings. The second-order valence-corrected chi connectivity index (χ2v) is 6.45. The lowest BCUT2D eigenvalue weighted by Gasteiger charge is -2.12. The number of halogens is 1. The number of anilines is 4. The number of amides is 1. The summed E-state index contributed by atoms with van der Waals surface area (Å²) in [5, 5.41) is 5.96. The molecule has 2 heterocycles. The van der Waals surface area contributed by atoms with Crippen molar-refractivity contribution in [2.75, 3.05) is 31.5 Å². The van der Waals surface area contributed by atoms with Crippen LogP contribution >= 0.6 is 0 Å². The zero-order chi connectivity index (χ0) is 20.4. The number of fused-ring (bicyclic) bond motifs is 1. The molecule has 1 aromatic heterocycles. The summed E-state index contributed by atoms with van der Waals surface area (Å²) in [6.07, 6.45) is 1.53. The molecule has 0 aliphatic carbocycles. The maximum Gasteiger partial charge on any atom is 0.253 e. The zero-order valence-corrected chi connectivity index (χ0v) is 15.8. The average molecular weight is 395 g/mol. The monoisotopic (exact) mass is 395 g/mol. The Bertz CT molecular complexity index is 1070. The van der Waals surface area contributed by atoms with E-state index < -0.39 is 5.82 Å². The van der Waals surface area contributed by atoms with Crippen molar-refractivity contribution in [1.82, 2.24) is 14.9 Å². The summed E-state index contributed by atoms with van der Waals surface area (Å²) in [7, 11) is 3.38. The maximum atomic E-state index is 14.3. The van der Waals surface area contributed by atoms with Crippen LogP contribution < -0.4 is 20.1 Å². The van der Waals surface area contributed by atoms with E-state index in [9.17, 15) is 9.18 Å². The van der Waals surface area contributed by atoms with Crippen LogP contribution in [0, 0.1) is 5.82 Å². The van der Waals surface area contributed by atoms with Gasteiger partial charge in [-0.1, -0.05) is 6.07 Å². The minimum Gasteiger partial charge on any atom is -0.454 e. The van der Waals surface area contributed by atoms with Crippen molar-refractivity contribution in [2.24, 2.45) is 0 Å². The molecular weight excluding hydrogens is 377 g/mol. The molecule has 0 atom stereocenters. The highest BCUT2D eigenvalue weighted by Crippen LogP contribution is 2.41. The van der Waals surface area contributed by atoms with Gasteiger partial charge in [0.05, 0.1) is 0 Å². The first-order chi connectivity index (χ1) is 14.0. The van der Waals surface area contributed by atoms with Crippen LogP contribution in [0.25, 0.3) is 0 Å². The maximum absolute atomic E-state index is 14.3. The van der Waals surface area contributed by atoms with E-state index in [1.54, 1.807) is 44.4 Å². The van der Waals surface area contributed by atoms with Crippen molar-refractivity contribution >= 4 is 29.0 Å². The van der Waals surface area contributed by atoms with Gasteiger partial charge in [-0.15, -0.1) is 0 Å². The molecule has 2 aromatic carbocycles. The molecule has 0 unspecified atom stereocenters. The summed E-state index contributed by atoms with van der Waals surface area (Å²) < 4.78 is 24.9. The third kappa shape index (κ3) is 3.88. The highest BCUT2D eigenvalue weighted by molar-refractivity contribution is 5.94. The fourth-order valence-corrected chi connectivity index (χ4v) is 2.80. The molecule has 2 N–H and O–H groups in total. The molecule has 148 valence electrons. The number of carbonyl (C=O) groups excluding carboxylic acids is 1. The standard InChI is InChI=1S/C20H18FN5O3/c1-26(2)19(27)12-4-3-5-13(10-12)23-20-22-9-8-16(25-20)24-17-14(21)6-7-15-18(17)29-11-28-15/h3-10H,11H2,1-2H3,(H2,22,23,24,25). The fraction of sp³-hybridized carbons (Fsp3) is 0.150. The van der Waals surface area contributed by atoms with E-state index in [0.29, 0.717) is 28.6 Å². The third-order valence-electron chi connectivity index (χ3n) is 4.17. The Balaban J connectivity index is 1.56. The Morgan fingerprint density at radius 3 is 2.83 bits per heavy atom. The van der Waals surface area contributed by atoms with Crippen molar-refractivity contribution in [3.8, 4) is 11.5 Å². The van der Waals surface area contributed by atoms with E-state index in [1.165, 1.54) is 23.2 Å². The molecule has 0 saturated heterocycles. The number of ether oxygens (including phenoxy) is 2. The van der Waals surface area contributed by atoms with Crippen LogP contribution in [0.1, 0.15) is 10.4 Å². The normalized spacial score (nSPS) is 11.8. The molecule has 4 rings (SSSR count). The van der Waals surface area contributed by atoms with Gasteiger partial charge >= 0.3 is 0 Å². The SMILES string of the molecule is CN(C)C(=O)c1cccc(Nc2nccc(Nc3c(F)ccc4c3OCO4)n2)c1. The summed E-state index contributed by atoms with van der Waals surface area (Å²) in [4.78, 5) is 22.2. The van der Waals surface area contributed by atoms with Gasteiger partial charge < -0.3 is 25.0 Å². The lowest BCUT2D eigenvalue weighted by atomic mass is 10.2. The number of nitrogens with zero attached hydrogens (tertiary/aromatic N) is 3. The second kappa shape index (κ2) is 7.63. The molecular formula is C20H18FN5O3. The van der Waals surface area contributed by atoms with Crippen molar-refractivity contribution in [2.45, 2.75) is 0 Å². The lowest BCUT2D eigenvalue weighted by molar-refractivity contribution is 0.0827. The fourth-order valence-electron chi connectivity index (χ4n) is 2.80. The Hall–Kier alpha value is -3.88. The van der Waals surface area contributed by atoms with Gasteiger partial charge in [-0.05, 0) is 36.4 Å². The molecule has 29 heavy (non-hydrogen) atoms. The number of hydrogen-bond donors (Lipinski definition) is 2.